The number of carbonyl (C=O) groups is 1. The van der Waals surface area contributed by atoms with Crippen molar-refractivity contribution < 1.29 is 9.53 Å². The number of methoxy groups -OCH3 is 1. The summed E-state index contributed by atoms with van der Waals surface area (Å²) in [7, 11) is 1.61. The molecule has 2 N–H and O–H groups in total. The molecular weight excluding hydrogens is 306 g/mol. The number of amides is 1. The van der Waals surface area contributed by atoms with Gasteiger partial charge >= 0.3 is 0 Å². The molecule has 0 aliphatic heterocycles. The molecule has 0 saturated heterocycles. The average molecular weight is 325 g/mol. The van der Waals surface area contributed by atoms with Gasteiger partial charge in [0.05, 0.1) is 19.0 Å². The van der Waals surface area contributed by atoms with E-state index in [9.17, 15) is 4.79 Å². The van der Waals surface area contributed by atoms with Crippen molar-refractivity contribution in [3.63, 3.8) is 0 Å². The minimum absolute atomic E-state index is 0.0438. The fourth-order valence-corrected chi connectivity index (χ4v) is 2.32. The highest BCUT2D eigenvalue weighted by Crippen LogP contribution is 2.26. The van der Waals surface area contributed by atoms with Crippen LogP contribution in [-0.4, -0.2) is 33.7 Å². The molecule has 0 unspecified atom stereocenters. The number of para-hydroxylation sites is 2. The summed E-state index contributed by atoms with van der Waals surface area (Å²) < 4.78 is 6.90. The number of ether oxygens (including phenoxy) is 1. The third kappa shape index (κ3) is 3.15. The zero-order chi connectivity index (χ0) is 17.1. The van der Waals surface area contributed by atoms with Gasteiger partial charge in [0, 0.05) is 12.2 Å². The van der Waals surface area contributed by atoms with Gasteiger partial charge in [-0.15, -0.1) is 0 Å². The molecule has 2 aromatic heterocycles. The fraction of sp³-hybridized carbons (Fsp3) is 0.235. The number of hydrogen-bond donors (Lipinski definition) is 2. The molecule has 2 heterocycles. The number of nitrogens with zero attached hydrogens (tertiary/aromatic N) is 3. The van der Waals surface area contributed by atoms with Gasteiger partial charge in [-0.3, -0.25) is 4.79 Å². The maximum absolute atomic E-state index is 12.3. The standard InChI is InChI=1S/C17H19N5O2/c1-11(2)19-17(23)12-10-18-22-9-8-15(21-16(12)22)20-13-6-4-5-7-14(13)24-3/h4-11H,1-3H3,(H,19,23)(H,20,21). The molecule has 7 heteroatoms. The highest BCUT2D eigenvalue weighted by Gasteiger charge is 2.15. The minimum Gasteiger partial charge on any atom is -0.495 e. The number of aromatic nitrogens is 3. The summed E-state index contributed by atoms with van der Waals surface area (Å²) in [5.41, 5.74) is 1.73. The topological polar surface area (TPSA) is 80.5 Å². The Morgan fingerprint density at radius 3 is 2.79 bits per heavy atom. The van der Waals surface area contributed by atoms with E-state index >= 15 is 0 Å². The molecular formula is C17H19N5O2. The second-order valence-corrected chi connectivity index (χ2v) is 5.59. The van der Waals surface area contributed by atoms with Crippen LogP contribution in [0, 0.1) is 0 Å². The van der Waals surface area contributed by atoms with E-state index in [1.807, 2.05) is 38.1 Å². The number of hydrogen-bond acceptors (Lipinski definition) is 5. The van der Waals surface area contributed by atoms with Crippen molar-refractivity contribution >= 4 is 23.1 Å². The van der Waals surface area contributed by atoms with E-state index < -0.39 is 0 Å². The van der Waals surface area contributed by atoms with E-state index in [1.54, 1.807) is 23.9 Å². The summed E-state index contributed by atoms with van der Waals surface area (Å²) in [4.78, 5) is 16.8. The second kappa shape index (κ2) is 6.57. The monoisotopic (exact) mass is 325 g/mol. The van der Waals surface area contributed by atoms with Crippen molar-refractivity contribution in [1.82, 2.24) is 19.9 Å². The lowest BCUT2D eigenvalue weighted by atomic mass is 10.3. The van der Waals surface area contributed by atoms with Crippen molar-refractivity contribution in [2.45, 2.75) is 19.9 Å². The number of anilines is 2. The smallest absolute Gasteiger partial charge is 0.256 e. The van der Waals surface area contributed by atoms with E-state index in [2.05, 4.69) is 20.7 Å². The van der Waals surface area contributed by atoms with Gasteiger partial charge < -0.3 is 15.4 Å². The molecule has 0 aliphatic carbocycles. The van der Waals surface area contributed by atoms with Crippen molar-refractivity contribution in [3.8, 4) is 5.75 Å². The Kier molecular flexibility index (Phi) is 4.33. The summed E-state index contributed by atoms with van der Waals surface area (Å²) in [6.07, 6.45) is 3.28. The first-order valence-corrected chi connectivity index (χ1v) is 7.64. The van der Waals surface area contributed by atoms with Crippen molar-refractivity contribution in [2.75, 3.05) is 12.4 Å². The molecule has 0 spiro atoms. The van der Waals surface area contributed by atoms with Crippen LogP contribution in [0.25, 0.3) is 5.65 Å². The van der Waals surface area contributed by atoms with Gasteiger partial charge in [0.15, 0.2) is 5.65 Å². The van der Waals surface area contributed by atoms with Gasteiger partial charge in [-0.2, -0.15) is 5.10 Å². The quantitative estimate of drug-likeness (QED) is 0.754. The number of rotatable bonds is 5. The van der Waals surface area contributed by atoms with Crippen molar-refractivity contribution in [1.29, 1.82) is 0 Å². The van der Waals surface area contributed by atoms with Crippen LogP contribution in [-0.2, 0) is 0 Å². The highest BCUT2D eigenvalue weighted by atomic mass is 16.5. The Morgan fingerprint density at radius 2 is 2.04 bits per heavy atom. The Labute approximate surface area is 139 Å². The third-order valence-electron chi connectivity index (χ3n) is 3.40. The predicted octanol–water partition coefficient (Wildman–Crippen LogP) is 2.62. The number of carbonyl (C=O) groups excluding carboxylic acids is 1. The van der Waals surface area contributed by atoms with Crippen LogP contribution in [0.2, 0.25) is 0 Å². The Hall–Kier alpha value is -3.09. The first kappa shape index (κ1) is 15.8. The van der Waals surface area contributed by atoms with Gasteiger partial charge in [0.25, 0.3) is 5.91 Å². The van der Waals surface area contributed by atoms with Crippen molar-refractivity contribution in [3.05, 3.63) is 48.3 Å². The van der Waals surface area contributed by atoms with Crippen LogP contribution in [0.3, 0.4) is 0 Å². The molecule has 3 aromatic rings. The van der Waals surface area contributed by atoms with Gasteiger partial charge in [0.1, 0.15) is 17.1 Å². The van der Waals surface area contributed by atoms with Crippen molar-refractivity contribution in [2.24, 2.45) is 0 Å². The first-order valence-electron chi connectivity index (χ1n) is 7.64. The molecule has 0 fully saturated rings. The zero-order valence-electron chi connectivity index (χ0n) is 13.8. The van der Waals surface area contributed by atoms with Gasteiger partial charge in [-0.1, -0.05) is 12.1 Å². The van der Waals surface area contributed by atoms with E-state index in [-0.39, 0.29) is 11.9 Å². The SMILES string of the molecule is COc1ccccc1Nc1ccn2ncc(C(=O)NC(C)C)c2n1. The molecule has 3 rings (SSSR count). The third-order valence-corrected chi connectivity index (χ3v) is 3.40. The predicted molar refractivity (Wildman–Crippen MR) is 91.9 cm³/mol. The summed E-state index contributed by atoms with van der Waals surface area (Å²) in [5, 5.41) is 10.2. The highest BCUT2D eigenvalue weighted by molar-refractivity contribution is 5.99. The molecule has 0 radical (unpaired) electrons. The molecule has 0 saturated carbocycles. The molecule has 1 aromatic carbocycles. The molecule has 1 amide bonds. The van der Waals surface area contributed by atoms with E-state index in [4.69, 9.17) is 4.74 Å². The summed E-state index contributed by atoms with van der Waals surface area (Å²) in [6, 6.07) is 9.39. The average Bonchev–Trinajstić information content (AvgIpc) is 2.98. The maximum Gasteiger partial charge on any atom is 0.256 e. The molecule has 7 nitrogen and oxygen atoms in total. The lowest BCUT2D eigenvalue weighted by Gasteiger charge is -2.10. The summed E-state index contributed by atoms with van der Waals surface area (Å²) in [6.45, 7) is 3.82. The lowest BCUT2D eigenvalue weighted by Crippen LogP contribution is -2.30. The minimum atomic E-state index is -0.193. The van der Waals surface area contributed by atoms with Crippen LogP contribution in [0.4, 0.5) is 11.5 Å². The van der Waals surface area contributed by atoms with Gasteiger partial charge in [0.2, 0.25) is 0 Å². The van der Waals surface area contributed by atoms with E-state index in [0.717, 1.165) is 5.69 Å². The lowest BCUT2D eigenvalue weighted by molar-refractivity contribution is 0.0944. The van der Waals surface area contributed by atoms with Crippen LogP contribution < -0.4 is 15.4 Å². The summed E-state index contributed by atoms with van der Waals surface area (Å²) in [5.74, 6) is 1.12. The number of benzene rings is 1. The fourth-order valence-electron chi connectivity index (χ4n) is 2.32. The molecule has 0 atom stereocenters. The molecule has 0 bridgehead atoms. The Balaban J connectivity index is 1.94. The molecule has 124 valence electrons. The second-order valence-electron chi connectivity index (χ2n) is 5.59. The van der Waals surface area contributed by atoms with Crippen LogP contribution >= 0.6 is 0 Å². The van der Waals surface area contributed by atoms with Gasteiger partial charge in [-0.25, -0.2) is 9.50 Å². The molecule has 0 aliphatic rings. The summed E-state index contributed by atoms with van der Waals surface area (Å²) >= 11 is 0. The van der Waals surface area contributed by atoms with E-state index in [1.165, 1.54) is 6.20 Å². The molecule has 24 heavy (non-hydrogen) atoms. The Morgan fingerprint density at radius 1 is 1.25 bits per heavy atom. The van der Waals surface area contributed by atoms with Gasteiger partial charge in [-0.05, 0) is 32.0 Å². The normalized spacial score (nSPS) is 10.8. The van der Waals surface area contributed by atoms with Crippen LogP contribution in [0.15, 0.2) is 42.7 Å². The van der Waals surface area contributed by atoms with Crippen LogP contribution in [0.1, 0.15) is 24.2 Å². The maximum atomic E-state index is 12.3. The number of nitrogens with one attached hydrogen (secondary N) is 2. The largest absolute Gasteiger partial charge is 0.495 e. The zero-order valence-corrected chi connectivity index (χ0v) is 13.8. The number of fused-ring (bicyclic) bond motifs is 1. The van der Waals surface area contributed by atoms with E-state index in [0.29, 0.717) is 22.8 Å². The first-order chi connectivity index (χ1) is 11.6. The Bertz CT molecular complexity index is 872. The van der Waals surface area contributed by atoms with Crippen LogP contribution in [0.5, 0.6) is 5.75 Å².